The predicted molar refractivity (Wildman–Crippen MR) is 74.9 cm³/mol. The molecule has 2 aromatic rings. The Kier molecular flexibility index (Phi) is 6.38. The summed E-state index contributed by atoms with van der Waals surface area (Å²) < 4.78 is 34.1. The monoisotopic (exact) mass is 358 g/mol. The number of hydrogen-bond acceptors (Lipinski definition) is 3. The first-order valence-electron chi connectivity index (χ1n) is 5.01. The van der Waals surface area contributed by atoms with Crippen molar-refractivity contribution in [1.29, 1.82) is 0 Å². The zero-order valence-electron chi connectivity index (χ0n) is 10.2. The smallest absolute Gasteiger partial charge is 0.744 e. The van der Waals surface area contributed by atoms with Gasteiger partial charge in [-0.1, -0.05) is 65.1 Å². The van der Waals surface area contributed by atoms with Gasteiger partial charge in [-0.3, -0.25) is 0 Å². The molecule has 0 unspecified atom stereocenters. The molecule has 8 heteroatoms. The second-order valence-corrected chi connectivity index (χ2v) is 6.16. The molecule has 0 amide bonds. The van der Waals surface area contributed by atoms with Crippen molar-refractivity contribution in [2.45, 2.75) is 4.90 Å². The average molecular weight is 360 g/mol. The molecule has 0 fully saturated rings. The van der Waals surface area contributed by atoms with Crippen molar-refractivity contribution in [3.05, 3.63) is 51.5 Å². The van der Waals surface area contributed by atoms with Crippen LogP contribution in [-0.4, -0.2) is 13.0 Å². The molecule has 2 rings (SSSR count). The number of hydrogen-bond donors (Lipinski definition) is 0. The summed E-state index contributed by atoms with van der Waals surface area (Å²) in [5.74, 6) is 0. The van der Waals surface area contributed by atoms with E-state index in [0.29, 0.717) is 5.56 Å². The van der Waals surface area contributed by atoms with Crippen LogP contribution in [0.1, 0.15) is 0 Å². The topological polar surface area (TPSA) is 57.2 Å². The van der Waals surface area contributed by atoms with Gasteiger partial charge in [-0.25, -0.2) is 8.42 Å². The molecule has 0 aromatic heterocycles. The molecule has 100 valence electrons. The molecule has 20 heavy (non-hydrogen) atoms. The summed E-state index contributed by atoms with van der Waals surface area (Å²) in [7, 11) is -4.78. The van der Waals surface area contributed by atoms with Crippen LogP contribution >= 0.6 is 34.8 Å². The first-order chi connectivity index (χ1) is 8.82. The zero-order chi connectivity index (χ0) is 14.2. The van der Waals surface area contributed by atoms with Gasteiger partial charge in [0.2, 0.25) is 0 Å². The van der Waals surface area contributed by atoms with Gasteiger partial charge in [-0.2, -0.15) is 0 Å². The Morgan fingerprint density at radius 3 is 2.00 bits per heavy atom. The molecule has 0 radical (unpaired) electrons. The Hall–Kier alpha value is 0.220. The van der Waals surface area contributed by atoms with Crippen LogP contribution in [0, 0.1) is 0 Å². The van der Waals surface area contributed by atoms with E-state index in [2.05, 4.69) is 0 Å². The quantitative estimate of drug-likeness (QED) is 0.460. The van der Waals surface area contributed by atoms with Crippen molar-refractivity contribution in [1.82, 2.24) is 0 Å². The Balaban J connectivity index is 0.00000200. The van der Waals surface area contributed by atoms with Crippen molar-refractivity contribution in [2.75, 3.05) is 0 Å². The van der Waals surface area contributed by atoms with Crippen LogP contribution < -0.4 is 29.6 Å². The van der Waals surface area contributed by atoms with E-state index in [1.165, 1.54) is 6.07 Å². The molecule has 0 saturated heterocycles. The van der Waals surface area contributed by atoms with Gasteiger partial charge in [0.25, 0.3) is 0 Å². The van der Waals surface area contributed by atoms with Gasteiger partial charge >= 0.3 is 29.6 Å². The number of benzene rings is 2. The molecule has 0 atom stereocenters. The molecule has 3 nitrogen and oxygen atoms in total. The van der Waals surface area contributed by atoms with Crippen LogP contribution in [-0.2, 0) is 10.1 Å². The second-order valence-electron chi connectivity index (χ2n) is 3.68. The van der Waals surface area contributed by atoms with Gasteiger partial charge in [-0.05, 0) is 11.6 Å². The van der Waals surface area contributed by atoms with E-state index in [1.54, 1.807) is 30.3 Å². The normalized spacial score (nSPS) is 11.0. The van der Waals surface area contributed by atoms with Gasteiger partial charge < -0.3 is 4.55 Å². The summed E-state index contributed by atoms with van der Waals surface area (Å²) in [5.41, 5.74) is 0.646. The molecule has 0 aliphatic carbocycles. The summed E-state index contributed by atoms with van der Waals surface area (Å²) in [6, 6.07) is 9.76. The number of rotatable bonds is 2. The fourth-order valence-electron chi connectivity index (χ4n) is 1.65. The minimum atomic E-state index is -4.78. The Morgan fingerprint density at radius 1 is 0.950 bits per heavy atom. The maximum absolute atomic E-state index is 11.4. The first kappa shape index (κ1) is 18.3. The molecular weight excluding hydrogens is 354 g/mol. The Morgan fingerprint density at radius 2 is 1.50 bits per heavy atom. The van der Waals surface area contributed by atoms with E-state index in [1.807, 2.05) is 0 Å². The molecule has 0 spiro atoms. The van der Waals surface area contributed by atoms with Crippen LogP contribution in [0.15, 0.2) is 41.3 Å². The third kappa shape index (κ3) is 3.70. The summed E-state index contributed by atoms with van der Waals surface area (Å²) in [6.07, 6.45) is 0. The van der Waals surface area contributed by atoms with Crippen LogP contribution in [0.5, 0.6) is 0 Å². The first-order valence-corrected chi connectivity index (χ1v) is 7.55. The fourth-order valence-corrected chi connectivity index (χ4v) is 3.37. The van der Waals surface area contributed by atoms with Gasteiger partial charge in [0.15, 0.2) is 0 Å². The molecule has 0 saturated carbocycles. The van der Waals surface area contributed by atoms with E-state index in [9.17, 15) is 13.0 Å². The Labute approximate surface area is 153 Å². The SMILES string of the molecule is O=S(=O)([O-])c1c(-c2ccccc2)cc(Cl)c(Cl)c1Cl.[Na+]. The molecule has 0 aliphatic heterocycles. The summed E-state index contributed by atoms with van der Waals surface area (Å²) in [6.45, 7) is 0. The zero-order valence-corrected chi connectivity index (χ0v) is 15.3. The largest absolute Gasteiger partial charge is 1.00 e. The maximum atomic E-state index is 11.4. The summed E-state index contributed by atoms with van der Waals surface area (Å²) in [4.78, 5) is -0.560. The predicted octanol–water partition coefficient (Wildman–Crippen LogP) is 1.22. The van der Waals surface area contributed by atoms with E-state index in [-0.39, 0.29) is 50.2 Å². The van der Waals surface area contributed by atoms with Gasteiger partial charge in [-0.15, -0.1) is 0 Å². The fraction of sp³-hybridized carbons (Fsp3) is 0. The van der Waals surface area contributed by atoms with E-state index < -0.39 is 15.0 Å². The van der Waals surface area contributed by atoms with Gasteiger partial charge in [0.1, 0.15) is 10.1 Å². The van der Waals surface area contributed by atoms with Crippen molar-refractivity contribution >= 4 is 44.9 Å². The van der Waals surface area contributed by atoms with Crippen LogP contribution in [0.2, 0.25) is 15.1 Å². The van der Waals surface area contributed by atoms with Gasteiger partial charge in [0, 0.05) is 5.56 Å². The van der Waals surface area contributed by atoms with Crippen molar-refractivity contribution in [3.63, 3.8) is 0 Å². The van der Waals surface area contributed by atoms with E-state index in [4.69, 9.17) is 34.8 Å². The maximum Gasteiger partial charge on any atom is 1.00 e. The van der Waals surface area contributed by atoms with E-state index >= 15 is 0 Å². The second kappa shape index (κ2) is 6.99. The molecule has 0 heterocycles. The average Bonchev–Trinajstić information content (AvgIpc) is 2.35. The van der Waals surface area contributed by atoms with Gasteiger partial charge in [0.05, 0.1) is 20.0 Å². The Bertz CT molecular complexity index is 733. The number of halogens is 3. The van der Waals surface area contributed by atoms with Crippen LogP contribution in [0.25, 0.3) is 11.1 Å². The molecule has 0 bridgehead atoms. The van der Waals surface area contributed by atoms with E-state index in [0.717, 1.165) is 0 Å². The minimum absolute atomic E-state index is 0. The molecule has 2 aromatic carbocycles. The molecular formula is C12H6Cl3NaO3S. The summed E-state index contributed by atoms with van der Waals surface area (Å²) >= 11 is 17.5. The summed E-state index contributed by atoms with van der Waals surface area (Å²) in [5, 5.41) is -0.432. The standard InChI is InChI=1S/C12H7Cl3O3S.Na/c13-9-6-8(7-4-2-1-3-5-7)12(19(16,17)18)11(15)10(9)14;/h1-6H,(H,16,17,18);/q;+1/p-1. The molecule has 0 aliphatic rings. The molecule has 0 N–H and O–H groups in total. The van der Waals surface area contributed by atoms with Crippen molar-refractivity contribution < 1.29 is 42.5 Å². The van der Waals surface area contributed by atoms with Crippen molar-refractivity contribution in [3.8, 4) is 11.1 Å². The van der Waals surface area contributed by atoms with Crippen molar-refractivity contribution in [2.24, 2.45) is 0 Å². The minimum Gasteiger partial charge on any atom is -0.744 e. The third-order valence-electron chi connectivity index (χ3n) is 2.45. The van der Waals surface area contributed by atoms with Crippen LogP contribution in [0.3, 0.4) is 0 Å². The van der Waals surface area contributed by atoms with Crippen LogP contribution in [0.4, 0.5) is 0 Å². The third-order valence-corrected chi connectivity index (χ3v) is 4.75.